The third-order valence-corrected chi connectivity index (χ3v) is 6.16. The van der Waals surface area contributed by atoms with Crippen LogP contribution in [-0.4, -0.2) is 33.0 Å². The summed E-state index contributed by atoms with van der Waals surface area (Å²) in [7, 11) is 1.64. The van der Waals surface area contributed by atoms with Crippen molar-refractivity contribution in [1.82, 2.24) is 14.8 Å². The quantitative estimate of drug-likeness (QED) is 0.404. The van der Waals surface area contributed by atoms with Crippen LogP contribution in [0.5, 0.6) is 5.75 Å². The third-order valence-electron chi connectivity index (χ3n) is 5.08. The Balaban J connectivity index is 1.55. The number of hydrogen-bond donors (Lipinski definition) is 1. The number of carbonyl (C=O) groups excluding carboxylic acids is 1. The normalized spacial score (nSPS) is 12.0. The van der Waals surface area contributed by atoms with E-state index in [4.69, 9.17) is 4.74 Å². The van der Waals surface area contributed by atoms with Crippen LogP contribution in [0, 0.1) is 0 Å². The number of thioether (sulfide) groups is 1. The molecule has 0 aliphatic heterocycles. The molecular formula is C24H24N4O2S. The summed E-state index contributed by atoms with van der Waals surface area (Å²) in [6.07, 6.45) is 0. The second-order valence-corrected chi connectivity index (χ2v) is 8.33. The van der Waals surface area contributed by atoms with Crippen LogP contribution in [0.15, 0.2) is 71.9 Å². The summed E-state index contributed by atoms with van der Waals surface area (Å²) >= 11 is 1.39. The van der Waals surface area contributed by atoms with Gasteiger partial charge in [-0.15, -0.1) is 10.2 Å². The van der Waals surface area contributed by atoms with E-state index in [1.165, 1.54) is 11.8 Å². The molecule has 0 unspecified atom stereocenters. The molecule has 31 heavy (non-hydrogen) atoms. The summed E-state index contributed by atoms with van der Waals surface area (Å²) in [5, 5.41) is 14.3. The SMILES string of the molecule is CCn1c(S[C@H](C)C(=O)Nc2cccc3ccccc23)nnc1-c1ccccc1OC. The van der Waals surface area contributed by atoms with E-state index in [1.54, 1.807) is 7.11 Å². The first-order chi connectivity index (χ1) is 15.1. The Bertz CT molecular complexity index is 1220. The third kappa shape index (κ3) is 4.27. The molecule has 0 bridgehead atoms. The van der Waals surface area contributed by atoms with Crippen molar-refractivity contribution in [3.63, 3.8) is 0 Å². The zero-order valence-electron chi connectivity index (χ0n) is 17.7. The minimum Gasteiger partial charge on any atom is -0.496 e. The Morgan fingerprint density at radius 2 is 1.81 bits per heavy atom. The Kier molecular flexibility index (Phi) is 6.23. The second-order valence-electron chi connectivity index (χ2n) is 7.03. The molecule has 1 amide bonds. The molecule has 158 valence electrons. The maximum atomic E-state index is 12.9. The Hall–Kier alpha value is -3.32. The monoisotopic (exact) mass is 432 g/mol. The fourth-order valence-electron chi connectivity index (χ4n) is 3.47. The van der Waals surface area contributed by atoms with Gasteiger partial charge in [0.05, 0.1) is 17.9 Å². The number of para-hydroxylation sites is 1. The number of nitrogens with one attached hydrogen (secondary N) is 1. The van der Waals surface area contributed by atoms with Gasteiger partial charge in [-0.25, -0.2) is 0 Å². The van der Waals surface area contributed by atoms with Gasteiger partial charge in [0.1, 0.15) is 5.75 Å². The van der Waals surface area contributed by atoms with Crippen molar-refractivity contribution in [2.24, 2.45) is 0 Å². The molecule has 0 saturated heterocycles. The van der Waals surface area contributed by atoms with E-state index in [2.05, 4.69) is 15.5 Å². The highest BCUT2D eigenvalue weighted by molar-refractivity contribution is 8.00. The first kappa shape index (κ1) is 20.9. The van der Waals surface area contributed by atoms with Crippen molar-refractivity contribution in [3.05, 3.63) is 66.7 Å². The van der Waals surface area contributed by atoms with E-state index < -0.39 is 0 Å². The van der Waals surface area contributed by atoms with Gasteiger partial charge in [0.2, 0.25) is 5.91 Å². The number of amides is 1. The van der Waals surface area contributed by atoms with Gasteiger partial charge in [0.15, 0.2) is 11.0 Å². The molecule has 0 aliphatic carbocycles. The van der Waals surface area contributed by atoms with E-state index in [0.717, 1.165) is 33.6 Å². The lowest BCUT2D eigenvalue weighted by atomic mass is 10.1. The van der Waals surface area contributed by atoms with Crippen LogP contribution in [0.3, 0.4) is 0 Å². The summed E-state index contributed by atoms with van der Waals surface area (Å²) in [5.74, 6) is 1.39. The van der Waals surface area contributed by atoms with Crippen molar-refractivity contribution in [3.8, 4) is 17.1 Å². The fourth-order valence-corrected chi connectivity index (χ4v) is 4.38. The largest absolute Gasteiger partial charge is 0.496 e. The van der Waals surface area contributed by atoms with Crippen molar-refractivity contribution < 1.29 is 9.53 Å². The molecule has 1 atom stereocenters. The van der Waals surface area contributed by atoms with Gasteiger partial charge in [0.25, 0.3) is 0 Å². The molecule has 1 N–H and O–H groups in total. The van der Waals surface area contributed by atoms with E-state index in [0.29, 0.717) is 11.7 Å². The molecule has 0 fully saturated rings. The molecule has 0 spiro atoms. The standard InChI is InChI=1S/C24H24N4O2S/c1-4-28-22(19-13-7-8-15-21(19)30-3)26-27-24(28)31-16(2)23(29)25-20-14-9-11-17-10-5-6-12-18(17)20/h5-16H,4H2,1-3H3,(H,25,29)/t16-/m1/s1. The highest BCUT2D eigenvalue weighted by atomic mass is 32.2. The first-order valence-corrected chi connectivity index (χ1v) is 11.0. The van der Waals surface area contributed by atoms with Crippen LogP contribution in [0.2, 0.25) is 0 Å². The molecular weight excluding hydrogens is 408 g/mol. The lowest BCUT2D eigenvalue weighted by molar-refractivity contribution is -0.115. The van der Waals surface area contributed by atoms with Crippen molar-refractivity contribution in [2.45, 2.75) is 30.8 Å². The Labute approximate surface area is 185 Å². The maximum absolute atomic E-state index is 12.9. The summed E-state index contributed by atoms with van der Waals surface area (Å²) < 4.78 is 7.48. The molecule has 0 aliphatic rings. The number of carbonyl (C=O) groups is 1. The molecule has 1 aromatic heterocycles. The minimum atomic E-state index is -0.348. The van der Waals surface area contributed by atoms with Gasteiger partial charge < -0.3 is 14.6 Å². The predicted octanol–water partition coefficient (Wildman–Crippen LogP) is 5.25. The van der Waals surface area contributed by atoms with E-state index in [1.807, 2.05) is 85.1 Å². The van der Waals surface area contributed by atoms with E-state index in [9.17, 15) is 4.79 Å². The Morgan fingerprint density at radius 1 is 1.06 bits per heavy atom. The van der Waals surface area contributed by atoms with Gasteiger partial charge in [-0.2, -0.15) is 0 Å². The van der Waals surface area contributed by atoms with Gasteiger partial charge in [-0.3, -0.25) is 4.79 Å². The number of fused-ring (bicyclic) bond motifs is 1. The number of aromatic nitrogens is 3. The van der Waals surface area contributed by atoms with E-state index >= 15 is 0 Å². The van der Waals surface area contributed by atoms with Crippen molar-refractivity contribution in [1.29, 1.82) is 0 Å². The summed E-state index contributed by atoms with van der Waals surface area (Å²) in [6, 6.07) is 21.6. The zero-order valence-corrected chi connectivity index (χ0v) is 18.5. The van der Waals surface area contributed by atoms with Crippen LogP contribution in [0.4, 0.5) is 5.69 Å². The number of anilines is 1. The van der Waals surface area contributed by atoms with E-state index in [-0.39, 0.29) is 11.2 Å². The van der Waals surface area contributed by atoms with Gasteiger partial charge in [-0.05, 0) is 37.4 Å². The Morgan fingerprint density at radius 3 is 2.61 bits per heavy atom. The van der Waals surface area contributed by atoms with Crippen LogP contribution in [0.1, 0.15) is 13.8 Å². The van der Waals surface area contributed by atoms with Crippen LogP contribution in [-0.2, 0) is 11.3 Å². The number of rotatable bonds is 7. The maximum Gasteiger partial charge on any atom is 0.237 e. The van der Waals surface area contributed by atoms with Crippen LogP contribution in [0.25, 0.3) is 22.2 Å². The molecule has 4 aromatic rings. The average molecular weight is 433 g/mol. The molecule has 0 saturated carbocycles. The number of methoxy groups -OCH3 is 1. The lowest BCUT2D eigenvalue weighted by Gasteiger charge is -2.14. The zero-order chi connectivity index (χ0) is 21.8. The molecule has 6 nitrogen and oxygen atoms in total. The van der Waals surface area contributed by atoms with Crippen molar-refractivity contribution >= 4 is 34.1 Å². The smallest absolute Gasteiger partial charge is 0.237 e. The number of hydrogen-bond acceptors (Lipinski definition) is 5. The molecule has 7 heteroatoms. The molecule has 0 radical (unpaired) electrons. The molecule has 3 aromatic carbocycles. The number of benzene rings is 3. The molecule has 1 heterocycles. The fraction of sp³-hybridized carbons (Fsp3) is 0.208. The van der Waals surface area contributed by atoms with Gasteiger partial charge in [0, 0.05) is 17.6 Å². The summed E-state index contributed by atoms with van der Waals surface area (Å²) in [4.78, 5) is 12.9. The number of nitrogens with zero attached hydrogens (tertiary/aromatic N) is 3. The summed E-state index contributed by atoms with van der Waals surface area (Å²) in [5.41, 5.74) is 1.68. The summed E-state index contributed by atoms with van der Waals surface area (Å²) in [6.45, 7) is 4.59. The van der Waals surface area contributed by atoms with Gasteiger partial charge >= 0.3 is 0 Å². The van der Waals surface area contributed by atoms with Gasteiger partial charge in [-0.1, -0.05) is 60.3 Å². The highest BCUT2D eigenvalue weighted by Crippen LogP contribution is 2.32. The molecule has 4 rings (SSSR count). The number of ether oxygens (including phenoxy) is 1. The van der Waals surface area contributed by atoms with Crippen molar-refractivity contribution in [2.75, 3.05) is 12.4 Å². The predicted molar refractivity (Wildman–Crippen MR) is 126 cm³/mol. The van der Waals surface area contributed by atoms with Crippen LogP contribution >= 0.6 is 11.8 Å². The topological polar surface area (TPSA) is 69.0 Å². The highest BCUT2D eigenvalue weighted by Gasteiger charge is 2.22. The average Bonchev–Trinajstić information content (AvgIpc) is 3.21. The minimum absolute atomic E-state index is 0.0779. The van der Waals surface area contributed by atoms with Crippen LogP contribution < -0.4 is 10.1 Å². The second kappa shape index (κ2) is 9.22. The first-order valence-electron chi connectivity index (χ1n) is 10.1. The lowest BCUT2D eigenvalue weighted by Crippen LogP contribution is -2.23.